The second kappa shape index (κ2) is 8.18. The Morgan fingerprint density at radius 2 is 2.10 bits per heavy atom. The first-order chi connectivity index (χ1) is 14.7. The van der Waals surface area contributed by atoms with Crippen molar-refractivity contribution in [3.8, 4) is 5.75 Å². The van der Waals surface area contributed by atoms with Gasteiger partial charge in [-0.3, -0.25) is 4.79 Å². The smallest absolute Gasteiger partial charge is 0.433 e. The number of nitrogens with zero attached hydrogens (tertiary/aromatic N) is 4. The van der Waals surface area contributed by atoms with Gasteiger partial charge in [0.25, 0.3) is 5.91 Å². The summed E-state index contributed by atoms with van der Waals surface area (Å²) in [7, 11) is 2.07. The molecule has 1 saturated heterocycles. The summed E-state index contributed by atoms with van der Waals surface area (Å²) in [6.07, 6.45) is -0.0508. The average molecular weight is 433 g/mol. The third-order valence-corrected chi connectivity index (χ3v) is 5.20. The van der Waals surface area contributed by atoms with Crippen LogP contribution >= 0.6 is 0 Å². The van der Waals surface area contributed by atoms with Crippen LogP contribution < -0.4 is 10.1 Å². The molecule has 0 bridgehead atoms. The van der Waals surface area contributed by atoms with Gasteiger partial charge in [0, 0.05) is 30.9 Å². The molecule has 1 amide bonds. The van der Waals surface area contributed by atoms with E-state index >= 15 is 0 Å². The van der Waals surface area contributed by atoms with Crippen molar-refractivity contribution in [3.05, 3.63) is 53.7 Å². The van der Waals surface area contributed by atoms with Crippen molar-refractivity contribution in [2.24, 2.45) is 0 Å². The maximum Gasteiger partial charge on any atom is 0.433 e. The number of alkyl halides is 3. The van der Waals surface area contributed by atoms with Gasteiger partial charge in [0.2, 0.25) is 0 Å². The highest BCUT2D eigenvalue weighted by Crippen LogP contribution is 2.31. The predicted octanol–water partition coefficient (Wildman–Crippen LogP) is 3.82. The molecule has 4 rings (SSSR count). The second-order valence-electron chi connectivity index (χ2n) is 7.52. The molecule has 1 fully saturated rings. The summed E-state index contributed by atoms with van der Waals surface area (Å²) in [5, 5.41) is 2.62. The molecule has 1 aliphatic rings. The third kappa shape index (κ3) is 4.48. The van der Waals surface area contributed by atoms with Gasteiger partial charge in [-0.05, 0) is 39.1 Å². The Balaban J connectivity index is 1.64. The summed E-state index contributed by atoms with van der Waals surface area (Å²) >= 11 is 0. The number of carbonyl (C=O) groups is 1. The van der Waals surface area contributed by atoms with Gasteiger partial charge in [0.05, 0.1) is 12.3 Å². The Morgan fingerprint density at radius 3 is 2.77 bits per heavy atom. The number of anilines is 1. The van der Waals surface area contributed by atoms with Crippen molar-refractivity contribution in [3.63, 3.8) is 0 Å². The van der Waals surface area contributed by atoms with Crippen LogP contribution in [0, 0.1) is 0 Å². The highest BCUT2D eigenvalue weighted by molar-refractivity contribution is 6.03. The fourth-order valence-electron chi connectivity index (χ4n) is 3.68. The molecule has 1 N–H and O–H groups in total. The lowest BCUT2D eigenvalue weighted by molar-refractivity contribution is -0.141. The number of amides is 1. The number of halogens is 3. The average Bonchev–Trinajstić information content (AvgIpc) is 3.33. The molecule has 3 aromatic heterocycles. The molecule has 31 heavy (non-hydrogen) atoms. The molecule has 10 heteroatoms. The maximum atomic E-state index is 12.9. The van der Waals surface area contributed by atoms with Crippen molar-refractivity contribution in [2.45, 2.75) is 25.4 Å². The summed E-state index contributed by atoms with van der Waals surface area (Å²) in [6.45, 7) is 4.08. The normalized spacial score (nSPS) is 17.3. The fraction of sp³-hybridized carbons (Fsp3) is 0.381. The third-order valence-electron chi connectivity index (χ3n) is 5.20. The van der Waals surface area contributed by atoms with Crippen molar-refractivity contribution in [1.29, 1.82) is 0 Å². The largest absolute Gasteiger partial charge is 0.491 e. The number of imidazole rings is 1. The second-order valence-corrected chi connectivity index (χ2v) is 7.52. The molecule has 1 unspecified atom stereocenters. The SMILES string of the molecule is CCOc1cc2nc(C3CCN(C)C3)cn2cc1NC(=O)c1cccc(C(F)(F)F)n1. The minimum atomic E-state index is -4.63. The molecule has 0 aromatic carbocycles. The zero-order chi connectivity index (χ0) is 22.2. The molecule has 0 spiro atoms. The number of fused-ring (bicyclic) bond motifs is 1. The number of hydrogen-bond acceptors (Lipinski definition) is 5. The van der Waals surface area contributed by atoms with Crippen molar-refractivity contribution in [2.75, 3.05) is 32.1 Å². The van der Waals surface area contributed by atoms with Gasteiger partial charge in [0.15, 0.2) is 0 Å². The molecule has 3 aromatic rings. The summed E-state index contributed by atoms with van der Waals surface area (Å²) in [4.78, 5) is 23.0. The summed E-state index contributed by atoms with van der Waals surface area (Å²) in [6, 6.07) is 4.91. The fourth-order valence-corrected chi connectivity index (χ4v) is 3.68. The number of rotatable bonds is 5. The molecule has 1 atom stereocenters. The Kier molecular flexibility index (Phi) is 5.57. The molecule has 4 heterocycles. The van der Waals surface area contributed by atoms with E-state index in [4.69, 9.17) is 9.72 Å². The Labute approximate surface area is 176 Å². The van der Waals surface area contributed by atoms with E-state index in [0.717, 1.165) is 37.3 Å². The van der Waals surface area contributed by atoms with Gasteiger partial charge < -0.3 is 19.4 Å². The summed E-state index contributed by atoms with van der Waals surface area (Å²) < 4.78 is 46.2. The van der Waals surface area contributed by atoms with Crippen LogP contribution in [0.15, 0.2) is 36.7 Å². The highest BCUT2D eigenvalue weighted by atomic mass is 19.4. The number of ether oxygens (including phenoxy) is 1. The molecule has 7 nitrogen and oxygen atoms in total. The van der Waals surface area contributed by atoms with Gasteiger partial charge in [0.1, 0.15) is 28.5 Å². The number of aromatic nitrogens is 3. The van der Waals surface area contributed by atoms with Crippen molar-refractivity contribution in [1.82, 2.24) is 19.3 Å². The van der Waals surface area contributed by atoms with Gasteiger partial charge >= 0.3 is 6.18 Å². The minimum Gasteiger partial charge on any atom is -0.491 e. The Bertz CT molecular complexity index is 1110. The van der Waals surface area contributed by atoms with Crippen LogP contribution in [0.1, 0.15) is 41.1 Å². The van der Waals surface area contributed by atoms with Crippen molar-refractivity contribution >= 4 is 17.2 Å². The minimum absolute atomic E-state index is 0.325. The molecule has 164 valence electrons. The lowest BCUT2D eigenvalue weighted by Crippen LogP contribution is -2.17. The number of likely N-dealkylation sites (N-methyl/N-ethyl adjacent to an activating group) is 1. The van der Waals surface area contributed by atoms with E-state index < -0.39 is 17.8 Å². The molecule has 0 saturated carbocycles. The lowest BCUT2D eigenvalue weighted by atomic mass is 10.1. The number of pyridine rings is 2. The number of nitrogens with one attached hydrogen (secondary N) is 1. The van der Waals surface area contributed by atoms with E-state index in [1.165, 1.54) is 6.07 Å². The summed E-state index contributed by atoms with van der Waals surface area (Å²) in [5.74, 6) is -0.0482. The van der Waals surface area contributed by atoms with Gasteiger partial charge in [-0.2, -0.15) is 13.2 Å². The first-order valence-corrected chi connectivity index (χ1v) is 9.94. The molecular weight excluding hydrogens is 411 g/mol. The number of hydrogen-bond donors (Lipinski definition) is 1. The molecular formula is C21H22F3N5O2. The standard InChI is InChI=1S/C21H22F3N5O2/c1-3-31-17-9-19-26-15(13-7-8-28(2)10-13)11-29(19)12-16(17)27-20(30)14-5-4-6-18(25-14)21(22,23)24/h4-6,9,11-13H,3,7-8,10H2,1-2H3,(H,27,30). The molecule has 1 aliphatic heterocycles. The van der Waals surface area contributed by atoms with E-state index in [-0.39, 0.29) is 5.69 Å². The van der Waals surface area contributed by atoms with E-state index in [2.05, 4.69) is 22.2 Å². The van der Waals surface area contributed by atoms with Gasteiger partial charge in [-0.15, -0.1) is 0 Å². The van der Waals surface area contributed by atoms with Crippen LogP contribution in [0.5, 0.6) is 5.75 Å². The Hall–Kier alpha value is -3.14. The number of carbonyl (C=O) groups excluding carboxylic acids is 1. The van der Waals surface area contributed by atoms with Crippen molar-refractivity contribution < 1.29 is 22.7 Å². The van der Waals surface area contributed by atoms with Crippen LogP contribution in [-0.4, -0.2) is 51.9 Å². The first-order valence-electron chi connectivity index (χ1n) is 9.94. The number of likely N-dealkylation sites (tertiary alicyclic amines) is 1. The lowest BCUT2D eigenvalue weighted by Gasteiger charge is -2.12. The first kappa shape index (κ1) is 21.1. The van der Waals surface area contributed by atoms with Crippen LogP contribution in [0.2, 0.25) is 0 Å². The van der Waals surface area contributed by atoms with E-state index in [9.17, 15) is 18.0 Å². The predicted molar refractivity (Wildman–Crippen MR) is 108 cm³/mol. The highest BCUT2D eigenvalue weighted by Gasteiger charge is 2.33. The van der Waals surface area contributed by atoms with Crippen LogP contribution in [0.25, 0.3) is 5.65 Å². The van der Waals surface area contributed by atoms with Gasteiger partial charge in [-0.1, -0.05) is 6.07 Å². The zero-order valence-electron chi connectivity index (χ0n) is 17.1. The molecule has 0 radical (unpaired) electrons. The van der Waals surface area contributed by atoms with Gasteiger partial charge in [-0.25, -0.2) is 9.97 Å². The van der Waals surface area contributed by atoms with Crippen LogP contribution in [-0.2, 0) is 6.18 Å². The topological polar surface area (TPSA) is 71.8 Å². The van der Waals surface area contributed by atoms with E-state index in [0.29, 0.717) is 29.6 Å². The van der Waals surface area contributed by atoms with E-state index in [1.54, 1.807) is 23.6 Å². The zero-order valence-corrected chi connectivity index (χ0v) is 17.1. The van der Waals surface area contributed by atoms with Crippen LogP contribution in [0.3, 0.4) is 0 Å². The maximum absolute atomic E-state index is 12.9. The summed E-state index contributed by atoms with van der Waals surface area (Å²) in [5.41, 5.74) is 0.489. The van der Waals surface area contributed by atoms with Crippen LogP contribution in [0.4, 0.5) is 18.9 Å². The van der Waals surface area contributed by atoms with E-state index in [1.807, 2.05) is 6.20 Å². The monoisotopic (exact) mass is 433 g/mol. The Morgan fingerprint density at radius 1 is 1.29 bits per heavy atom. The molecule has 0 aliphatic carbocycles. The quantitative estimate of drug-likeness (QED) is 0.663.